The number of halogens is 2. The van der Waals surface area contributed by atoms with Crippen molar-refractivity contribution in [3.05, 3.63) is 51.5 Å². The van der Waals surface area contributed by atoms with Gasteiger partial charge in [0.1, 0.15) is 17.2 Å². The molecule has 4 rings (SSSR count). The van der Waals surface area contributed by atoms with Gasteiger partial charge in [-0.2, -0.15) is 10.2 Å². The maximum atomic E-state index is 13.6. The second-order valence-electron chi connectivity index (χ2n) is 8.82. The number of hydrogen-bond donors (Lipinski definition) is 4. The number of aryl methyl sites for hydroxylation is 1. The van der Waals surface area contributed by atoms with Crippen molar-refractivity contribution >= 4 is 33.6 Å². The van der Waals surface area contributed by atoms with Gasteiger partial charge in [0.05, 0.1) is 5.60 Å². The number of ether oxygens (including phenoxy) is 1. The lowest BCUT2D eigenvalue weighted by Gasteiger charge is -2.45. The zero-order valence-corrected chi connectivity index (χ0v) is 19.8. The quantitative estimate of drug-likeness (QED) is 0.479. The number of hydrogen-bond acceptors (Lipinski definition) is 6. The Morgan fingerprint density at radius 1 is 1.33 bits per heavy atom. The molecule has 176 valence electrons. The van der Waals surface area contributed by atoms with E-state index in [9.17, 15) is 19.1 Å². The second kappa shape index (κ2) is 8.86. The van der Waals surface area contributed by atoms with Crippen molar-refractivity contribution in [3.63, 3.8) is 0 Å². The normalized spacial score (nSPS) is 25.7. The molecule has 1 aliphatic carbocycles. The molecule has 0 bridgehead atoms. The van der Waals surface area contributed by atoms with E-state index in [1.807, 2.05) is 13.8 Å². The number of aromatic amines is 1. The zero-order chi connectivity index (χ0) is 23.8. The van der Waals surface area contributed by atoms with Crippen LogP contribution < -0.4 is 10.7 Å². The van der Waals surface area contributed by atoms with Gasteiger partial charge in [0, 0.05) is 21.8 Å². The van der Waals surface area contributed by atoms with E-state index in [-0.39, 0.29) is 11.9 Å². The lowest BCUT2D eigenvalue weighted by atomic mass is 9.70. The molecule has 1 aromatic heterocycles. The van der Waals surface area contributed by atoms with Crippen LogP contribution in [0.25, 0.3) is 0 Å². The van der Waals surface area contributed by atoms with E-state index in [0.717, 1.165) is 5.69 Å². The molecule has 1 aliphatic heterocycles. The van der Waals surface area contributed by atoms with Gasteiger partial charge in [-0.1, -0.05) is 15.9 Å². The van der Waals surface area contributed by atoms with Gasteiger partial charge in [0.25, 0.3) is 5.91 Å². The van der Waals surface area contributed by atoms with Gasteiger partial charge in [0.15, 0.2) is 5.60 Å². The van der Waals surface area contributed by atoms with Crippen molar-refractivity contribution in [1.29, 1.82) is 0 Å². The number of H-pyrrole nitrogens is 1. The van der Waals surface area contributed by atoms with Crippen LogP contribution in [-0.2, 0) is 4.74 Å². The molecular formula is C22H25BrFN5O4. The number of nitrogens with one attached hydrogen (secondary N) is 3. The number of aliphatic hydroxyl groups is 1. The molecule has 33 heavy (non-hydrogen) atoms. The fourth-order valence-corrected chi connectivity index (χ4v) is 5.09. The molecule has 11 heteroatoms. The SMILES string of the molecule is Cc1cc(C(=O)NC(C)CC2(O)CCC3(CC2)OC(=O)NN=C3c2ccc(F)cc2Br)n[nH]1. The van der Waals surface area contributed by atoms with E-state index >= 15 is 0 Å². The minimum absolute atomic E-state index is 0.293. The maximum Gasteiger partial charge on any atom is 0.428 e. The molecule has 1 fully saturated rings. The molecule has 2 amide bonds. The summed E-state index contributed by atoms with van der Waals surface area (Å²) in [6.45, 7) is 3.64. The van der Waals surface area contributed by atoms with E-state index in [1.54, 1.807) is 12.1 Å². The van der Waals surface area contributed by atoms with Crippen LogP contribution in [-0.4, -0.2) is 50.3 Å². The number of carbonyl (C=O) groups excluding carboxylic acids is 2. The van der Waals surface area contributed by atoms with Crippen LogP contribution in [0, 0.1) is 12.7 Å². The molecule has 0 saturated heterocycles. The van der Waals surface area contributed by atoms with Crippen LogP contribution in [0.1, 0.15) is 60.8 Å². The highest BCUT2D eigenvalue weighted by atomic mass is 79.9. The van der Waals surface area contributed by atoms with Crippen LogP contribution >= 0.6 is 15.9 Å². The Balaban J connectivity index is 1.46. The third-order valence-electron chi connectivity index (χ3n) is 6.16. The summed E-state index contributed by atoms with van der Waals surface area (Å²) in [6.07, 6.45) is 0.992. The van der Waals surface area contributed by atoms with E-state index < -0.39 is 23.1 Å². The number of rotatable bonds is 5. The Morgan fingerprint density at radius 3 is 2.70 bits per heavy atom. The molecule has 1 atom stereocenters. The van der Waals surface area contributed by atoms with E-state index in [4.69, 9.17) is 4.74 Å². The van der Waals surface area contributed by atoms with Gasteiger partial charge in [-0.3, -0.25) is 9.89 Å². The zero-order valence-electron chi connectivity index (χ0n) is 18.2. The summed E-state index contributed by atoms with van der Waals surface area (Å²) in [5.74, 6) is -0.717. The first-order valence-corrected chi connectivity index (χ1v) is 11.5. The van der Waals surface area contributed by atoms with Crippen molar-refractivity contribution in [1.82, 2.24) is 20.9 Å². The van der Waals surface area contributed by atoms with Crippen molar-refractivity contribution < 1.29 is 23.8 Å². The highest BCUT2D eigenvalue weighted by molar-refractivity contribution is 9.10. The van der Waals surface area contributed by atoms with Crippen molar-refractivity contribution in [2.24, 2.45) is 5.10 Å². The molecule has 1 saturated carbocycles. The molecule has 1 spiro atoms. The molecule has 2 heterocycles. The number of carbonyl (C=O) groups is 2. The van der Waals surface area contributed by atoms with Crippen LogP contribution in [0.15, 0.2) is 33.8 Å². The first-order valence-electron chi connectivity index (χ1n) is 10.7. The lowest BCUT2D eigenvalue weighted by molar-refractivity contribution is -0.0661. The average molecular weight is 522 g/mol. The fraction of sp³-hybridized carbons (Fsp3) is 0.455. The summed E-state index contributed by atoms with van der Waals surface area (Å²) in [4.78, 5) is 24.4. The largest absolute Gasteiger partial charge is 0.435 e. The number of nitrogens with zero attached hydrogens (tertiary/aromatic N) is 2. The van der Waals surface area contributed by atoms with Gasteiger partial charge in [0.2, 0.25) is 0 Å². The Hall–Kier alpha value is -2.79. The Morgan fingerprint density at radius 2 is 2.06 bits per heavy atom. The first-order chi connectivity index (χ1) is 15.6. The number of amides is 2. The molecule has 2 aromatic rings. The maximum absolute atomic E-state index is 13.6. The first kappa shape index (κ1) is 23.4. The summed E-state index contributed by atoms with van der Waals surface area (Å²) < 4.78 is 19.8. The molecule has 9 nitrogen and oxygen atoms in total. The molecular weight excluding hydrogens is 497 g/mol. The van der Waals surface area contributed by atoms with Gasteiger partial charge in [-0.05, 0) is 70.2 Å². The molecule has 2 aliphatic rings. The third kappa shape index (κ3) is 4.93. The number of hydrazone groups is 1. The highest BCUT2D eigenvalue weighted by Gasteiger charge is 2.50. The van der Waals surface area contributed by atoms with Crippen molar-refractivity contribution in [2.75, 3.05) is 0 Å². The average Bonchev–Trinajstić information content (AvgIpc) is 3.18. The lowest BCUT2D eigenvalue weighted by Crippen LogP contribution is -2.55. The number of aromatic nitrogens is 2. The second-order valence-corrected chi connectivity index (χ2v) is 9.67. The van der Waals surface area contributed by atoms with E-state index in [1.165, 1.54) is 12.1 Å². The summed E-state index contributed by atoms with van der Waals surface area (Å²) in [7, 11) is 0. The topological polar surface area (TPSA) is 129 Å². The minimum Gasteiger partial charge on any atom is -0.435 e. The monoisotopic (exact) mass is 521 g/mol. The van der Waals surface area contributed by atoms with Crippen LogP contribution in [0.3, 0.4) is 0 Å². The number of benzene rings is 1. The van der Waals surface area contributed by atoms with Gasteiger partial charge < -0.3 is 15.2 Å². The van der Waals surface area contributed by atoms with Crippen LogP contribution in [0.5, 0.6) is 0 Å². The van der Waals surface area contributed by atoms with Gasteiger partial charge in [-0.25, -0.2) is 14.6 Å². The summed E-state index contributed by atoms with van der Waals surface area (Å²) in [5, 5.41) is 25.0. The van der Waals surface area contributed by atoms with Gasteiger partial charge >= 0.3 is 6.09 Å². The third-order valence-corrected chi connectivity index (χ3v) is 6.81. The standard InChI is InChI=1S/C22H25BrFN5O4/c1-12-9-17(27-26-12)19(30)25-13(2)11-21(32)5-7-22(8-6-21)18(28-29-20(31)33-22)15-4-3-14(24)10-16(15)23/h3-4,9-10,13,32H,5-8,11H2,1-2H3,(H,25,30)(H,26,27)(H,29,31). The van der Waals surface area contributed by atoms with E-state index in [2.05, 4.69) is 42.0 Å². The smallest absolute Gasteiger partial charge is 0.428 e. The summed E-state index contributed by atoms with van der Waals surface area (Å²) >= 11 is 3.36. The van der Waals surface area contributed by atoms with Gasteiger partial charge in [-0.15, -0.1) is 0 Å². The summed E-state index contributed by atoms with van der Waals surface area (Å²) in [5.41, 5.74) is 2.40. The molecule has 4 N–H and O–H groups in total. The Labute approximate surface area is 198 Å². The van der Waals surface area contributed by atoms with E-state index in [0.29, 0.717) is 53.5 Å². The molecule has 1 aromatic carbocycles. The summed E-state index contributed by atoms with van der Waals surface area (Å²) in [6, 6.07) is 5.57. The minimum atomic E-state index is -1.05. The van der Waals surface area contributed by atoms with Crippen molar-refractivity contribution in [2.45, 2.75) is 63.2 Å². The fourth-order valence-electron chi connectivity index (χ4n) is 4.55. The van der Waals surface area contributed by atoms with Crippen LogP contribution in [0.4, 0.5) is 9.18 Å². The Kier molecular flexibility index (Phi) is 6.28. The predicted molar refractivity (Wildman–Crippen MR) is 121 cm³/mol. The van der Waals surface area contributed by atoms with Crippen molar-refractivity contribution in [3.8, 4) is 0 Å². The predicted octanol–water partition coefficient (Wildman–Crippen LogP) is 3.32. The Bertz CT molecular complexity index is 1110. The molecule has 1 unspecified atom stereocenters. The molecule has 0 radical (unpaired) electrons. The highest BCUT2D eigenvalue weighted by Crippen LogP contribution is 2.43. The van der Waals surface area contributed by atoms with Crippen LogP contribution in [0.2, 0.25) is 0 Å².